The first-order valence-electron chi connectivity index (χ1n) is 8.02. The van der Waals surface area contributed by atoms with Crippen LogP contribution in [-0.4, -0.2) is 24.0 Å². The van der Waals surface area contributed by atoms with Crippen molar-refractivity contribution in [1.29, 1.82) is 0 Å². The van der Waals surface area contributed by atoms with E-state index in [9.17, 15) is 4.79 Å². The highest BCUT2D eigenvalue weighted by Crippen LogP contribution is 2.21. The standard InChI is InChI=1S/C18H21Cl2N3O/c1-2-3-8-21-17-11-14(7-9-22-17)18(24)23-10-6-13-4-5-15(19)12-16(13)20/h4-5,7,9,11-12H,2-3,6,8,10H2,1H3,(H,21,22)(H,23,24). The molecule has 0 saturated heterocycles. The van der Waals surface area contributed by atoms with Gasteiger partial charge in [0.1, 0.15) is 5.82 Å². The molecule has 0 saturated carbocycles. The summed E-state index contributed by atoms with van der Waals surface area (Å²) in [6, 6.07) is 8.84. The Kier molecular flexibility index (Phi) is 7.35. The van der Waals surface area contributed by atoms with Crippen LogP contribution >= 0.6 is 23.2 Å². The van der Waals surface area contributed by atoms with Gasteiger partial charge >= 0.3 is 0 Å². The molecule has 2 rings (SSSR count). The first-order valence-corrected chi connectivity index (χ1v) is 8.77. The summed E-state index contributed by atoms with van der Waals surface area (Å²) in [6.07, 6.45) is 4.47. The summed E-state index contributed by atoms with van der Waals surface area (Å²) in [7, 11) is 0. The first kappa shape index (κ1) is 18.6. The predicted octanol–water partition coefficient (Wildman–Crippen LogP) is 4.57. The average molecular weight is 366 g/mol. The molecular formula is C18H21Cl2N3O. The van der Waals surface area contributed by atoms with Crippen LogP contribution in [0.3, 0.4) is 0 Å². The van der Waals surface area contributed by atoms with E-state index in [1.807, 2.05) is 6.07 Å². The molecule has 128 valence electrons. The Morgan fingerprint density at radius 2 is 2.00 bits per heavy atom. The van der Waals surface area contributed by atoms with Crippen LogP contribution in [-0.2, 0) is 6.42 Å². The lowest BCUT2D eigenvalue weighted by Gasteiger charge is -2.09. The topological polar surface area (TPSA) is 54.0 Å². The van der Waals surface area contributed by atoms with Gasteiger partial charge in [0, 0.05) is 34.9 Å². The maximum atomic E-state index is 12.2. The number of aromatic nitrogens is 1. The maximum Gasteiger partial charge on any atom is 0.251 e. The molecule has 1 aromatic heterocycles. The molecule has 1 aromatic carbocycles. The van der Waals surface area contributed by atoms with Gasteiger partial charge in [-0.05, 0) is 42.7 Å². The number of unbranched alkanes of at least 4 members (excludes halogenated alkanes) is 1. The number of benzene rings is 1. The Labute approximate surface area is 152 Å². The number of pyridine rings is 1. The molecule has 2 aromatic rings. The Morgan fingerprint density at radius 3 is 2.75 bits per heavy atom. The van der Waals surface area contributed by atoms with Gasteiger partial charge in [-0.25, -0.2) is 4.98 Å². The SMILES string of the molecule is CCCCNc1cc(C(=O)NCCc2ccc(Cl)cc2Cl)ccn1. The quantitative estimate of drug-likeness (QED) is 0.673. The van der Waals surface area contributed by atoms with Gasteiger partial charge in [0.25, 0.3) is 5.91 Å². The summed E-state index contributed by atoms with van der Waals surface area (Å²) < 4.78 is 0. The van der Waals surface area contributed by atoms with Crippen molar-refractivity contribution in [2.45, 2.75) is 26.2 Å². The second kappa shape index (κ2) is 9.50. The number of carbonyl (C=O) groups excluding carboxylic acids is 1. The summed E-state index contributed by atoms with van der Waals surface area (Å²) in [5, 5.41) is 7.33. The minimum absolute atomic E-state index is 0.124. The normalized spacial score (nSPS) is 10.5. The second-order valence-electron chi connectivity index (χ2n) is 5.45. The molecular weight excluding hydrogens is 345 g/mol. The molecule has 0 bridgehead atoms. The maximum absolute atomic E-state index is 12.2. The average Bonchev–Trinajstić information content (AvgIpc) is 2.57. The molecule has 0 unspecified atom stereocenters. The Bertz CT molecular complexity index is 692. The molecule has 2 N–H and O–H groups in total. The largest absolute Gasteiger partial charge is 0.370 e. The third-order valence-electron chi connectivity index (χ3n) is 3.55. The molecule has 4 nitrogen and oxygen atoms in total. The van der Waals surface area contributed by atoms with Gasteiger partial charge in [-0.15, -0.1) is 0 Å². The van der Waals surface area contributed by atoms with Gasteiger partial charge in [-0.1, -0.05) is 42.6 Å². The van der Waals surface area contributed by atoms with Crippen LogP contribution in [0.5, 0.6) is 0 Å². The summed E-state index contributed by atoms with van der Waals surface area (Å²) in [6.45, 7) is 3.48. The van der Waals surface area contributed by atoms with Crippen molar-refractivity contribution in [3.63, 3.8) is 0 Å². The summed E-state index contributed by atoms with van der Waals surface area (Å²) in [5.41, 5.74) is 1.55. The fourth-order valence-corrected chi connectivity index (χ4v) is 2.70. The predicted molar refractivity (Wildman–Crippen MR) is 100 cm³/mol. The number of nitrogens with one attached hydrogen (secondary N) is 2. The fourth-order valence-electron chi connectivity index (χ4n) is 2.20. The highest BCUT2D eigenvalue weighted by atomic mass is 35.5. The van der Waals surface area contributed by atoms with Crippen molar-refractivity contribution >= 4 is 34.9 Å². The molecule has 0 aliphatic heterocycles. The van der Waals surface area contributed by atoms with Crippen LogP contribution < -0.4 is 10.6 Å². The Morgan fingerprint density at radius 1 is 1.17 bits per heavy atom. The molecule has 0 spiro atoms. The molecule has 0 fully saturated rings. The molecule has 0 atom stereocenters. The number of amides is 1. The third kappa shape index (κ3) is 5.69. The van der Waals surface area contributed by atoms with Gasteiger partial charge in [0.2, 0.25) is 0 Å². The van der Waals surface area contributed by atoms with Crippen LogP contribution in [0, 0.1) is 0 Å². The van der Waals surface area contributed by atoms with Crippen LogP contribution in [0.4, 0.5) is 5.82 Å². The highest BCUT2D eigenvalue weighted by Gasteiger charge is 2.07. The molecule has 0 aliphatic carbocycles. The van der Waals surface area contributed by atoms with Crippen LogP contribution in [0.1, 0.15) is 35.7 Å². The van der Waals surface area contributed by atoms with Crippen LogP contribution in [0.2, 0.25) is 10.0 Å². The fraction of sp³-hybridized carbons (Fsp3) is 0.333. The number of anilines is 1. The first-order chi connectivity index (χ1) is 11.6. The number of hydrogen-bond acceptors (Lipinski definition) is 3. The van der Waals surface area contributed by atoms with Gasteiger partial charge in [-0.3, -0.25) is 4.79 Å². The van der Waals surface area contributed by atoms with E-state index in [1.165, 1.54) is 0 Å². The van der Waals surface area contributed by atoms with Crippen LogP contribution in [0.25, 0.3) is 0 Å². The van der Waals surface area contributed by atoms with Crippen molar-refractivity contribution in [3.8, 4) is 0 Å². The van der Waals surface area contributed by atoms with E-state index >= 15 is 0 Å². The number of rotatable bonds is 8. The van der Waals surface area contributed by atoms with Gasteiger partial charge in [0.05, 0.1) is 0 Å². The minimum Gasteiger partial charge on any atom is -0.370 e. The van der Waals surface area contributed by atoms with Crippen molar-refractivity contribution in [1.82, 2.24) is 10.3 Å². The summed E-state index contributed by atoms with van der Waals surface area (Å²) >= 11 is 12.0. The van der Waals surface area contributed by atoms with E-state index in [0.717, 1.165) is 30.8 Å². The minimum atomic E-state index is -0.124. The molecule has 1 amide bonds. The molecule has 0 aliphatic rings. The lowest BCUT2D eigenvalue weighted by atomic mass is 10.1. The lowest BCUT2D eigenvalue weighted by molar-refractivity contribution is 0.0954. The zero-order valence-corrected chi connectivity index (χ0v) is 15.1. The smallest absolute Gasteiger partial charge is 0.251 e. The Balaban J connectivity index is 1.87. The number of halogens is 2. The van der Waals surface area contributed by atoms with Gasteiger partial charge in [0.15, 0.2) is 0 Å². The van der Waals surface area contributed by atoms with Gasteiger partial charge < -0.3 is 10.6 Å². The van der Waals surface area contributed by atoms with Gasteiger partial charge in [-0.2, -0.15) is 0 Å². The number of hydrogen-bond donors (Lipinski definition) is 2. The van der Waals surface area contributed by atoms with Crippen molar-refractivity contribution in [2.24, 2.45) is 0 Å². The van der Waals surface area contributed by atoms with Crippen molar-refractivity contribution in [2.75, 3.05) is 18.4 Å². The summed E-state index contributed by atoms with van der Waals surface area (Å²) in [4.78, 5) is 16.5. The Hall–Kier alpha value is -1.78. The monoisotopic (exact) mass is 365 g/mol. The number of carbonyl (C=O) groups is 1. The molecule has 24 heavy (non-hydrogen) atoms. The molecule has 0 radical (unpaired) electrons. The van der Waals surface area contributed by atoms with E-state index in [-0.39, 0.29) is 5.91 Å². The third-order valence-corrected chi connectivity index (χ3v) is 4.14. The van der Waals surface area contributed by atoms with E-state index in [0.29, 0.717) is 28.6 Å². The van der Waals surface area contributed by atoms with E-state index in [1.54, 1.807) is 30.5 Å². The second-order valence-corrected chi connectivity index (χ2v) is 6.30. The molecule has 6 heteroatoms. The van der Waals surface area contributed by atoms with Crippen LogP contribution in [0.15, 0.2) is 36.5 Å². The number of nitrogens with zero attached hydrogens (tertiary/aromatic N) is 1. The van der Waals surface area contributed by atoms with Crippen molar-refractivity contribution in [3.05, 3.63) is 57.7 Å². The van der Waals surface area contributed by atoms with E-state index < -0.39 is 0 Å². The molecule has 1 heterocycles. The van der Waals surface area contributed by atoms with E-state index in [2.05, 4.69) is 22.5 Å². The van der Waals surface area contributed by atoms with E-state index in [4.69, 9.17) is 23.2 Å². The zero-order valence-electron chi connectivity index (χ0n) is 13.6. The summed E-state index contributed by atoms with van der Waals surface area (Å²) in [5.74, 6) is 0.595. The highest BCUT2D eigenvalue weighted by molar-refractivity contribution is 6.35. The van der Waals surface area contributed by atoms with Crippen molar-refractivity contribution < 1.29 is 4.79 Å². The lowest BCUT2D eigenvalue weighted by Crippen LogP contribution is -2.26. The zero-order chi connectivity index (χ0) is 17.4.